The molecule has 0 bridgehead atoms. The molecule has 8 nitrogen and oxygen atoms in total. The summed E-state index contributed by atoms with van der Waals surface area (Å²) in [6.07, 6.45) is 3.49. The van der Waals surface area contributed by atoms with Crippen LogP contribution in [-0.2, 0) is 4.74 Å². The van der Waals surface area contributed by atoms with Crippen molar-refractivity contribution in [2.45, 2.75) is 19.3 Å². The van der Waals surface area contributed by atoms with Crippen LogP contribution in [0.3, 0.4) is 0 Å². The molecule has 8 heteroatoms. The van der Waals surface area contributed by atoms with E-state index in [1.807, 2.05) is 24.3 Å². The number of carbonyl (C=O) groups excluding carboxylic acids is 3. The highest BCUT2D eigenvalue weighted by Gasteiger charge is 2.34. The second-order valence-corrected chi connectivity index (χ2v) is 8.91. The summed E-state index contributed by atoms with van der Waals surface area (Å²) in [5.74, 6) is -0.452. The summed E-state index contributed by atoms with van der Waals surface area (Å²) in [7, 11) is 2.98. The van der Waals surface area contributed by atoms with E-state index in [-0.39, 0.29) is 30.5 Å². The highest BCUT2D eigenvalue weighted by Crippen LogP contribution is 2.36. The van der Waals surface area contributed by atoms with Gasteiger partial charge in [-0.05, 0) is 49.6 Å². The zero-order chi connectivity index (χ0) is 25.2. The van der Waals surface area contributed by atoms with E-state index in [2.05, 4.69) is 4.90 Å². The Morgan fingerprint density at radius 3 is 2.19 bits per heavy atom. The van der Waals surface area contributed by atoms with E-state index in [1.54, 1.807) is 24.3 Å². The minimum atomic E-state index is -0.599. The Labute approximate surface area is 209 Å². The molecule has 0 atom stereocenters. The summed E-state index contributed by atoms with van der Waals surface area (Å²) in [5.41, 5.74) is 2.30. The second kappa shape index (κ2) is 9.89. The molecule has 1 fully saturated rings. The quantitative estimate of drug-likeness (QED) is 0.362. The van der Waals surface area contributed by atoms with Crippen molar-refractivity contribution in [3.05, 3.63) is 65.2 Å². The molecular formula is C28H28N2O6. The Kier molecular flexibility index (Phi) is 6.50. The normalized spacial score (nSPS) is 15.3. The SMILES string of the molecule is COc1cc(OC)cc(C(=O)OCCN2C(=O)c3cccc4c(N5CCCCC5)ccc(c34)C2=O)c1. The van der Waals surface area contributed by atoms with Crippen molar-refractivity contribution >= 4 is 34.2 Å². The summed E-state index contributed by atoms with van der Waals surface area (Å²) in [4.78, 5) is 42.7. The Morgan fingerprint density at radius 1 is 0.861 bits per heavy atom. The predicted octanol–water partition coefficient (Wildman–Crippen LogP) is 4.30. The van der Waals surface area contributed by atoms with Gasteiger partial charge in [-0.3, -0.25) is 14.5 Å². The number of hydrogen-bond donors (Lipinski definition) is 0. The second-order valence-electron chi connectivity index (χ2n) is 8.91. The van der Waals surface area contributed by atoms with E-state index < -0.39 is 5.97 Å². The third kappa shape index (κ3) is 4.23. The fourth-order valence-electron chi connectivity index (χ4n) is 4.98. The van der Waals surface area contributed by atoms with Gasteiger partial charge in [-0.1, -0.05) is 12.1 Å². The van der Waals surface area contributed by atoms with Crippen LogP contribution in [0.25, 0.3) is 10.8 Å². The summed E-state index contributed by atoms with van der Waals surface area (Å²) < 4.78 is 15.8. The van der Waals surface area contributed by atoms with E-state index in [4.69, 9.17) is 14.2 Å². The highest BCUT2D eigenvalue weighted by molar-refractivity contribution is 6.26. The lowest BCUT2D eigenvalue weighted by atomic mass is 9.92. The monoisotopic (exact) mass is 488 g/mol. The number of methoxy groups -OCH3 is 2. The van der Waals surface area contributed by atoms with Gasteiger partial charge in [0, 0.05) is 46.7 Å². The van der Waals surface area contributed by atoms with Gasteiger partial charge in [-0.25, -0.2) is 4.79 Å². The Morgan fingerprint density at radius 2 is 1.53 bits per heavy atom. The number of amides is 2. The van der Waals surface area contributed by atoms with Gasteiger partial charge in [-0.15, -0.1) is 0 Å². The number of benzene rings is 3. The van der Waals surface area contributed by atoms with Crippen LogP contribution in [0, 0.1) is 0 Å². The number of carbonyl (C=O) groups is 3. The lowest BCUT2D eigenvalue weighted by molar-refractivity contribution is 0.0404. The van der Waals surface area contributed by atoms with E-state index in [0.717, 1.165) is 41.9 Å². The third-order valence-electron chi connectivity index (χ3n) is 6.80. The summed E-state index contributed by atoms with van der Waals surface area (Å²) in [5, 5.41) is 1.62. The molecule has 2 aliphatic rings. The minimum Gasteiger partial charge on any atom is -0.497 e. The van der Waals surface area contributed by atoms with Crippen LogP contribution < -0.4 is 14.4 Å². The van der Waals surface area contributed by atoms with Gasteiger partial charge >= 0.3 is 5.97 Å². The molecule has 0 saturated carbocycles. The van der Waals surface area contributed by atoms with Crippen LogP contribution in [-0.4, -0.2) is 63.1 Å². The molecule has 0 radical (unpaired) electrons. The van der Waals surface area contributed by atoms with Crippen molar-refractivity contribution in [3.8, 4) is 11.5 Å². The fraction of sp³-hybridized carbons (Fsp3) is 0.321. The molecule has 0 spiro atoms. The van der Waals surface area contributed by atoms with Gasteiger partial charge in [0.25, 0.3) is 11.8 Å². The summed E-state index contributed by atoms with van der Waals surface area (Å²) >= 11 is 0. The lowest BCUT2D eigenvalue weighted by Crippen LogP contribution is -2.42. The minimum absolute atomic E-state index is 0.0474. The average Bonchev–Trinajstić information content (AvgIpc) is 2.93. The first-order valence-electron chi connectivity index (χ1n) is 12.1. The van der Waals surface area contributed by atoms with Gasteiger partial charge in [0.05, 0.1) is 26.3 Å². The molecule has 36 heavy (non-hydrogen) atoms. The number of nitrogens with zero attached hydrogens (tertiary/aromatic N) is 2. The predicted molar refractivity (Wildman–Crippen MR) is 135 cm³/mol. The Hall–Kier alpha value is -4.07. The molecule has 0 unspecified atom stereocenters. The molecule has 3 aromatic carbocycles. The van der Waals surface area contributed by atoms with Crippen LogP contribution in [0.1, 0.15) is 50.3 Å². The maximum absolute atomic E-state index is 13.3. The van der Waals surface area contributed by atoms with E-state index in [1.165, 1.54) is 20.6 Å². The molecule has 5 rings (SSSR count). The molecular weight excluding hydrogens is 460 g/mol. The van der Waals surface area contributed by atoms with Crippen molar-refractivity contribution in [2.24, 2.45) is 0 Å². The van der Waals surface area contributed by atoms with Crippen molar-refractivity contribution in [2.75, 3.05) is 45.4 Å². The zero-order valence-corrected chi connectivity index (χ0v) is 20.4. The number of hydrogen-bond acceptors (Lipinski definition) is 7. The van der Waals surface area contributed by atoms with E-state index >= 15 is 0 Å². The highest BCUT2D eigenvalue weighted by atomic mass is 16.5. The Bertz CT molecular complexity index is 1300. The lowest BCUT2D eigenvalue weighted by Gasteiger charge is -2.32. The summed E-state index contributed by atoms with van der Waals surface area (Å²) in [6.45, 7) is 1.76. The smallest absolute Gasteiger partial charge is 0.338 e. The van der Waals surface area contributed by atoms with Gasteiger partial charge in [0.2, 0.25) is 0 Å². The average molecular weight is 489 g/mol. The molecule has 0 aliphatic carbocycles. The molecule has 1 saturated heterocycles. The van der Waals surface area contributed by atoms with Gasteiger partial charge in [-0.2, -0.15) is 0 Å². The van der Waals surface area contributed by atoms with Gasteiger partial charge in [0.1, 0.15) is 18.1 Å². The van der Waals surface area contributed by atoms with Crippen LogP contribution in [0.5, 0.6) is 11.5 Å². The molecule has 2 amide bonds. The first kappa shape index (κ1) is 23.7. The molecule has 0 N–H and O–H groups in total. The van der Waals surface area contributed by atoms with Crippen LogP contribution in [0.15, 0.2) is 48.5 Å². The maximum atomic E-state index is 13.3. The first-order valence-corrected chi connectivity index (χ1v) is 12.1. The standard InChI is InChI=1S/C28H28N2O6/c1-34-19-15-18(16-20(17-19)35-2)28(33)36-14-13-30-26(31)22-8-6-7-21-24(29-11-4-3-5-12-29)10-9-23(25(21)22)27(30)32/h6-10,15-17H,3-5,11-14H2,1-2H3. The maximum Gasteiger partial charge on any atom is 0.338 e. The van der Waals surface area contributed by atoms with Crippen LogP contribution in [0.2, 0.25) is 0 Å². The molecule has 3 aromatic rings. The molecule has 2 heterocycles. The fourth-order valence-corrected chi connectivity index (χ4v) is 4.98. The molecule has 186 valence electrons. The number of ether oxygens (including phenoxy) is 3. The largest absolute Gasteiger partial charge is 0.497 e. The van der Waals surface area contributed by atoms with E-state index in [0.29, 0.717) is 28.0 Å². The van der Waals surface area contributed by atoms with Crippen molar-refractivity contribution in [1.82, 2.24) is 4.90 Å². The number of imide groups is 1. The topological polar surface area (TPSA) is 85.4 Å². The zero-order valence-electron chi connectivity index (χ0n) is 20.4. The van der Waals surface area contributed by atoms with Gasteiger partial charge < -0.3 is 19.1 Å². The Balaban J connectivity index is 1.35. The molecule has 2 aliphatic heterocycles. The number of piperidine rings is 1. The third-order valence-corrected chi connectivity index (χ3v) is 6.80. The number of anilines is 1. The number of rotatable bonds is 7. The van der Waals surface area contributed by atoms with Crippen molar-refractivity contribution in [3.63, 3.8) is 0 Å². The summed E-state index contributed by atoms with van der Waals surface area (Å²) in [6, 6.07) is 14.1. The first-order chi connectivity index (χ1) is 17.5. The van der Waals surface area contributed by atoms with Gasteiger partial charge in [0.15, 0.2) is 0 Å². The van der Waals surface area contributed by atoms with Crippen molar-refractivity contribution in [1.29, 1.82) is 0 Å². The van der Waals surface area contributed by atoms with E-state index in [9.17, 15) is 14.4 Å². The van der Waals surface area contributed by atoms with Crippen LogP contribution in [0.4, 0.5) is 5.69 Å². The number of esters is 1. The molecule has 0 aromatic heterocycles. The van der Waals surface area contributed by atoms with Crippen molar-refractivity contribution < 1.29 is 28.6 Å². The van der Waals surface area contributed by atoms with Crippen LogP contribution >= 0.6 is 0 Å².